The summed E-state index contributed by atoms with van der Waals surface area (Å²) in [5.74, 6) is 1.51. The average molecular weight is 269 g/mol. The summed E-state index contributed by atoms with van der Waals surface area (Å²) < 4.78 is 0. The number of aryl methyl sites for hydroxylation is 1. The first-order valence-electron chi connectivity index (χ1n) is 7.29. The van der Waals surface area contributed by atoms with Crippen LogP contribution in [-0.2, 0) is 0 Å². The highest BCUT2D eigenvalue weighted by molar-refractivity contribution is 5.85. The predicted molar refractivity (Wildman–Crippen MR) is 85.1 cm³/mol. The van der Waals surface area contributed by atoms with Crippen LogP contribution in [-0.4, -0.2) is 0 Å². The van der Waals surface area contributed by atoms with Gasteiger partial charge in [0.15, 0.2) is 0 Å². The maximum absolute atomic E-state index is 2.40. The van der Waals surface area contributed by atoms with Gasteiger partial charge in [-0.05, 0) is 42.7 Å². The van der Waals surface area contributed by atoms with Crippen LogP contribution in [0.2, 0.25) is 0 Å². The highest BCUT2D eigenvalue weighted by Gasteiger charge is 2.17. The van der Waals surface area contributed by atoms with E-state index in [1.807, 2.05) is 13.8 Å². The van der Waals surface area contributed by atoms with Gasteiger partial charge in [-0.1, -0.05) is 64.3 Å². The van der Waals surface area contributed by atoms with E-state index in [2.05, 4.69) is 39.0 Å². The van der Waals surface area contributed by atoms with Crippen LogP contribution in [0.15, 0.2) is 18.2 Å². The summed E-state index contributed by atoms with van der Waals surface area (Å²) in [6.07, 6.45) is 5.53. The zero-order chi connectivity index (χ0) is 12.8. The van der Waals surface area contributed by atoms with E-state index in [-0.39, 0.29) is 12.4 Å². The van der Waals surface area contributed by atoms with Gasteiger partial charge in [-0.3, -0.25) is 0 Å². The van der Waals surface area contributed by atoms with Crippen LogP contribution in [0.25, 0.3) is 0 Å². The van der Waals surface area contributed by atoms with E-state index in [9.17, 15) is 0 Å². The molecule has 0 saturated carbocycles. The van der Waals surface area contributed by atoms with Gasteiger partial charge in [0.2, 0.25) is 0 Å². The molecule has 0 spiro atoms. The second kappa shape index (κ2) is 8.58. The molecule has 1 heteroatoms. The maximum atomic E-state index is 2.40. The molecule has 104 valence electrons. The Morgan fingerprint density at radius 3 is 1.94 bits per heavy atom. The number of fused-ring (bicyclic) bond motifs is 1. The summed E-state index contributed by atoms with van der Waals surface area (Å²) in [6, 6.07) is 7.03. The summed E-state index contributed by atoms with van der Waals surface area (Å²) in [7, 11) is 0. The molecule has 2 unspecified atom stereocenters. The van der Waals surface area contributed by atoms with E-state index >= 15 is 0 Å². The first-order valence-corrected chi connectivity index (χ1v) is 7.29. The highest BCUT2D eigenvalue weighted by atomic mass is 35.5. The smallest absolute Gasteiger partial charge is 0.0187 e. The zero-order valence-corrected chi connectivity index (χ0v) is 13.4. The topological polar surface area (TPSA) is 0 Å². The lowest BCUT2D eigenvalue weighted by atomic mass is 9.81. The molecule has 0 saturated heterocycles. The third kappa shape index (κ3) is 4.31. The summed E-state index contributed by atoms with van der Waals surface area (Å²) in [6.45, 7) is 11.0. The molecular formula is C17H29Cl. The second-order valence-electron chi connectivity index (χ2n) is 5.22. The molecule has 0 heterocycles. The third-order valence-corrected chi connectivity index (χ3v) is 3.83. The quantitative estimate of drug-likeness (QED) is 0.524. The van der Waals surface area contributed by atoms with Gasteiger partial charge in [0.25, 0.3) is 0 Å². The molecule has 0 bridgehead atoms. The molecule has 0 radical (unpaired) electrons. The van der Waals surface area contributed by atoms with Crippen molar-refractivity contribution in [2.24, 2.45) is 0 Å². The summed E-state index contributed by atoms with van der Waals surface area (Å²) in [5.41, 5.74) is 4.63. The Kier molecular flexibility index (Phi) is 8.35. The van der Waals surface area contributed by atoms with Crippen molar-refractivity contribution in [2.75, 3.05) is 0 Å². The highest BCUT2D eigenvalue weighted by Crippen LogP contribution is 2.35. The lowest BCUT2D eigenvalue weighted by Crippen LogP contribution is -2.07. The van der Waals surface area contributed by atoms with E-state index in [0.717, 1.165) is 11.8 Å². The van der Waals surface area contributed by atoms with Crippen molar-refractivity contribution in [2.45, 2.75) is 72.1 Å². The summed E-state index contributed by atoms with van der Waals surface area (Å²) >= 11 is 0. The van der Waals surface area contributed by atoms with E-state index in [0.29, 0.717) is 0 Å². The van der Waals surface area contributed by atoms with E-state index < -0.39 is 0 Å². The van der Waals surface area contributed by atoms with Crippen LogP contribution >= 0.6 is 12.4 Å². The van der Waals surface area contributed by atoms with Crippen molar-refractivity contribution in [1.82, 2.24) is 0 Å². The molecule has 1 aliphatic rings. The first kappa shape index (κ1) is 17.5. The standard InChI is InChI=1S/C15H22.C2H6.ClH/c1-11-8-9-14-12(2)6-4-5-7-13(3)15(14)10-11;1-2;/h8-10,12-13H,4-7H2,1-3H3;1-2H3;1H. The molecule has 18 heavy (non-hydrogen) atoms. The number of hydrogen-bond acceptors (Lipinski definition) is 0. The zero-order valence-electron chi connectivity index (χ0n) is 12.6. The monoisotopic (exact) mass is 268 g/mol. The molecule has 2 atom stereocenters. The van der Waals surface area contributed by atoms with Crippen molar-refractivity contribution >= 4 is 12.4 Å². The SMILES string of the molecule is CC.Cc1ccc2c(c1)C(C)CCCCC2C.Cl. The predicted octanol–water partition coefficient (Wildman–Crippen LogP) is 6.22. The van der Waals surface area contributed by atoms with Crippen molar-refractivity contribution in [3.63, 3.8) is 0 Å². The second-order valence-corrected chi connectivity index (χ2v) is 5.22. The Labute approximate surface area is 120 Å². The van der Waals surface area contributed by atoms with Crippen LogP contribution in [0.4, 0.5) is 0 Å². The van der Waals surface area contributed by atoms with Gasteiger partial charge in [-0.15, -0.1) is 12.4 Å². The Bertz CT molecular complexity index is 343. The largest absolute Gasteiger partial charge is 0.147 e. The molecule has 0 aliphatic heterocycles. The number of halogens is 1. The van der Waals surface area contributed by atoms with Gasteiger partial charge in [0.1, 0.15) is 0 Å². The van der Waals surface area contributed by atoms with Crippen molar-refractivity contribution in [1.29, 1.82) is 0 Å². The lowest BCUT2D eigenvalue weighted by molar-refractivity contribution is 0.520. The van der Waals surface area contributed by atoms with Gasteiger partial charge in [0, 0.05) is 0 Å². The van der Waals surface area contributed by atoms with Crippen LogP contribution in [0, 0.1) is 6.92 Å². The van der Waals surface area contributed by atoms with Crippen LogP contribution in [0.5, 0.6) is 0 Å². The fourth-order valence-corrected chi connectivity index (χ4v) is 2.78. The fourth-order valence-electron chi connectivity index (χ4n) is 2.78. The minimum absolute atomic E-state index is 0. The minimum atomic E-state index is 0. The maximum Gasteiger partial charge on any atom is -0.0187 e. The third-order valence-electron chi connectivity index (χ3n) is 3.83. The Balaban J connectivity index is 0.000000917. The number of rotatable bonds is 0. The minimum Gasteiger partial charge on any atom is -0.147 e. The molecule has 0 aromatic heterocycles. The molecule has 1 aromatic rings. The number of hydrogen-bond donors (Lipinski definition) is 0. The first-order chi connectivity index (χ1) is 8.18. The summed E-state index contributed by atoms with van der Waals surface area (Å²) in [4.78, 5) is 0. The molecular weight excluding hydrogens is 240 g/mol. The van der Waals surface area contributed by atoms with E-state index in [1.165, 1.54) is 31.2 Å². The van der Waals surface area contributed by atoms with Gasteiger partial charge in [-0.2, -0.15) is 0 Å². The lowest BCUT2D eigenvalue weighted by Gasteiger charge is -2.24. The molecule has 0 N–H and O–H groups in total. The van der Waals surface area contributed by atoms with Crippen molar-refractivity contribution in [3.8, 4) is 0 Å². The summed E-state index contributed by atoms with van der Waals surface area (Å²) in [5, 5.41) is 0. The van der Waals surface area contributed by atoms with Crippen molar-refractivity contribution < 1.29 is 0 Å². The van der Waals surface area contributed by atoms with E-state index in [1.54, 1.807) is 11.1 Å². The Morgan fingerprint density at radius 2 is 1.39 bits per heavy atom. The van der Waals surface area contributed by atoms with Gasteiger partial charge in [0.05, 0.1) is 0 Å². The normalized spacial score (nSPS) is 22.5. The average Bonchev–Trinajstić information content (AvgIpc) is 2.35. The molecule has 0 amide bonds. The van der Waals surface area contributed by atoms with Crippen LogP contribution < -0.4 is 0 Å². The number of benzene rings is 1. The molecule has 0 nitrogen and oxygen atoms in total. The Morgan fingerprint density at radius 1 is 0.889 bits per heavy atom. The van der Waals surface area contributed by atoms with Crippen molar-refractivity contribution in [3.05, 3.63) is 34.9 Å². The van der Waals surface area contributed by atoms with Gasteiger partial charge >= 0.3 is 0 Å². The molecule has 0 fully saturated rings. The van der Waals surface area contributed by atoms with Gasteiger partial charge < -0.3 is 0 Å². The molecule has 1 aromatic carbocycles. The van der Waals surface area contributed by atoms with Crippen LogP contribution in [0.1, 0.15) is 81.9 Å². The molecule has 1 aliphatic carbocycles. The van der Waals surface area contributed by atoms with Crippen LogP contribution in [0.3, 0.4) is 0 Å². The fraction of sp³-hybridized carbons (Fsp3) is 0.647. The molecule has 2 rings (SSSR count). The van der Waals surface area contributed by atoms with E-state index in [4.69, 9.17) is 0 Å². The Hall–Kier alpha value is -0.490. The van der Waals surface area contributed by atoms with Gasteiger partial charge in [-0.25, -0.2) is 0 Å².